The molecular formula is C12H16FN3OS. The summed E-state index contributed by atoms with van der Waals surface area (Å²) in [7, 11) is 0. The van der Waals surface area contributed by atoms with Gasteiger partial charge in [0.2, 0.25) is 0 Å². The van der Waals surface area contributed by atoms with Crippen molar-refractivity contribution in [2.45, 2.75) is 25.8 Å². The number of hydrogen-bond donors (Lipinski definition) is 3. The van der Waals surface area contributed by atoms with Gasteiger partial charge in [-0.25, -0.2) is 9.18 Å². The maximum atomic E-state index is 12.7. The fourth-order valence-electron chi connectivity index (χ4n) is 1.27. The number of nitrogens with one attached hydrogen (secondary N) is 2. The first-order valence-corrected chi connectivity index (χ1v) is 5.93. The van der Waals surface area contributed by atoms with Crippen LogP contribution in [0.25, 0.3) is 0 Å². The predicted molar refractivity (Wildman–Crippen MR) is 74.0 cm³/mol. The molecule has 0 aliphatic rings. The van der Waals surface area contributed by atoms with E-state index in [0.717, 1.165) is 0 Å². The zero-order valence-electron chi connectivity index (χ0n) is 10.3. The van der Waals surface area contributed by atoms with Crippen molar-refractivity contribution < 1.29 is 9.18 Å². The molecule has 0 saturated heterocycles. The van der Waals surface area contributed by atoms with Gasteiger partial charge in [0.25, 0.3) is 0 Å². The van der Waals surface area contributed by atoms with E-state index in [9.17, 15) is 9.18 Å². The average molecular weight is 269 g/mol. The van der Waals surface area contributed by atoms with Crippen molar-refractivity contribution in [1.82, 2.24) is 5.32 Å². The standard InChI is InChI=1S/C12H16FN3OS/c1-3-12(2,10(14)18)16-11(17)15-9-6-4-8(13)5-7-9/h4-7H,3H2,1-2H3,(H2,14,18)(H2,15,16,17). The number of amides is 2. The lowest BCUT2D eigenvalue weighted by Crippen LogP contribution is -2.55. The van der Waals surface area contributed by atoms with Crippen LogP contribution in [0.2, 0.25) is 0 Å². The molecule has 1 rings (SSSR count). The Hall–Kier alpha value is -1.69. The number of hydrogen-bond acceptors (Lipinski definition) is 2. The third kappa shape index (κ3) is 3.66. The number of urea groups is 1. The molecule has 4 N–H and O–H groups in total. The Bertz CT molecular complexity index is 449. The molecule has 18 heavy (non-hydrogen) atoms. The van der Waals surface area contributed by atoms with Gasteiger partial charge in [-0.2, -0.15) is 0 Å². The summed E-state index contributed by atoms with van der Waals surface area (Å²) in [5, 5.41) is 5.28. The summed E-state index contributed by atoms with van der Waals surface area (Å²) in [5.41, 5.74) is 5.34. The molecule has 0 saturated carbocycles. The van der Waals surface area contributed by atoms with Crippen LogP contribution in [0.5, 0.6) is 0 Å². The fraction of sp³-hybridized carbons (Fsp3) is 0.333. The molecule has 98 valence electrons. The van der Waals surface area contributed by atoms with Crippen LogP contribution in [0.3, 0.4) is 0 Å². The minimum Gasteiger partial charge on any atom is -0.391 e. The molecule has 0 radical (unpaired) electrons. The Morgan fingerprint density at radius 3 is 2.44 bits per heavy atom. The van der Waals surface area contributed by atoms with Crippen LogP contribution in [-0.4, -0.2) is 16.6 Å². The second-order valence-electron chi connectivity index (χ2n) is 4.14. The highest BCUT2D eigenvalue weighted by atomic mass is 32.1. The summed E-state index contributed by atoms with van der Waals surface area (Å²) in [6.07, 6.45) is 0.583. The minimum absolute atomic E-state index is 0.222. The van der Waals surface area contributed by atoms with Crippen LogP contribution in [0.4, 0.5) is 14.9 Å². The van der Waals surface area contributed by atoms with Gasteiger partial charge in [-0.1, -0.05) is 19.1 Å². The highest BCUT2D eigenvalue weighted by Crippen LogP contribution is 2.11. The van der Waals surface area contributed by atoms with Crippen molar-refractivity contribution in [1.29, 1.82) is 0 Å². The molecule has 1 unspecified atom stereocenters. The minimum atomic E-state index is -0.737. The molecule has 0 aromatic heterocycles. The lowest BCUT2D eigenvalue weighted by Gasteiger charge is -2.28. The van der Waals surface area contributed by atoms with E-state index in [1.165, 1.54) is 24.3 Å². The van der Waals surface area contributed by atoms with Crippen molar-refractivity contribution in [2.24, 2.45) is 5.73 Å². The highest BCUT2D eigenvalue weighted by molar-refractivity contribution is 7.80. The van der Waals surface area contributed by atoms with Crippen LogP contribution in [0, 0.1) is 5.82 Å². The number of carbonyl (C=O) groups excluding carboxylic acids is 1. The first kappa shape index (κ1) is 14.4. The number of halogens is 1. The molecule has 6 heteroatoms. The van der Waals surface area contributed by atoms with Gasteiger partial charge < -0.3 is 16.4 Å². The van der Waals surface area contributed by atoms with E-state index in [1.54, 1.807) is 6.92 Å². The highest BCUT2D eigenvalue weighted by Gasteiger charge is 2.27. The molecule has 0 aliphatic carbocycles. The summed E-state index contributed by atoms with van der Waals surface area (Å²) in [6, 6.07) is 5.04. The summed E-state index contributed by atoms with van der Waals surface area (Å²) in [6.45, 7) is 3.62. The Balaban J connectivity index is 2.66. The Morgan fingerprint density at radius 2 is 2.00 bits per heavy atom. The molecule has 0 aliphatic heterocycles. The molecule has 1 aromatic carbocycles. The van der Waals surface area contributed by atoms with Crippen LogP contribution < -0.4 is 16.4 Å². The van der Waals surface area contributed by atoms with Gasteiger partial charge in [0.1, 0.15) is 5.82 Å². The van der Waals surface area contributed by atoms with Gasteiger partial charge in [-0.3, -0.25) is 0 Å². The van der Waals surface area contributed by atoms with Crippen molar-refractivity contribution in [3.63, 3.8) is 0 Å². The van der Waals surface area contributed by atoms with Gasteiger partial charge in [0, 0.05) is 5.69 Å². The molecule has 1 atom stereocenters. The third-order valence-electron chi connectivity index (χ3n) is 2.74. The third-order valence-corrected chi connectivity index (χ3v) is 3.19. The van der Waals surface area contributed by atoms with Crippen LogP contribution >= 0.6 is 12.2 Å². The maximum absolute atomic E-state index is 12.7. The van der Waals surface area contributed by atoms with Crippen LogP contribution in [0.15, 0.2) is 24.3 Å². The largest absolute Gasteiger partial charge is 0.391 e. The Labute approximate surface area is 111 Å². The summed E-state index contributed by atoms with van der Waals surface area (Å²) >= 11 is 4.92. The van der Waals surface area contributed by atoms with E-state index < -0.39 is 11.6 Å². The number of carbonyl (C=O) groups is 1. The van der Waals surface area contributed by atoms with Crippen LogP contribution in [-0.2, 0) is 0 Å². The summed E-state index contributed by atoms with van der Waals surface area (Å²) in [5.74, 6) is -0.359. The maximum Gasteiger partial charge on any atom is 0.320 e. The molecule has 0 heterocycles. The average Bonchev–Trinajstić information content (AvgIpc) is 2.31. The monoisotopic (exact) mass is 269 g/mol. The molecule has 2 amide bonds. The lowest BCUT2D eigenvalue weighted by molar-refractivity contribution is 0.245. The van der Waals surface area contributed by atoms with Gasteiger partial charge in [0.15, 0.2) is 0 Å². The molecule has 4 nitrogen and oxygen atoms in total. The van der Waals surface area contributed by atoms with Crippen molar-refractivity contribution in [2.75, 3.05) is 5.32 Å². The topological polar surface area (TPSA) is 67.2 Å². The number of anilines is 1. The Kier molecular flexibility index (Phi) is 4.61. The summed E-state index contributed by atoms with van der Waals surface area (Å²) in [4.78, 5) is 12.0. The number of thiocarbonyl (C=S) groups is 1. The molecule has 0 spiro atoms. The number of benzene rings is 1. The van der Waals surface area contributed by atoms with E-state index in [-0.39, 0.29) is 10.8 Å². The van der Waals surface area contributed by atoms with Crippen LogP contribution in [0.1, 0.15) is 20.3 Å². The SMILES string of the molecule is CCC(C)(NC(=O)Nc1ccc(F)cc1)C(N)=S. The first-order valence-electron chi connectivity index (χ1n) is 5.52. The smallest absolute Gasteiger partial charge is 0.320 e. The number of nitrogens with two attached hydrogens (primary N) is 1. The van der Waals surface area contributed by atoms with Crippen molar-refractivity contribution in [3.8, 4) is 0 Å². The summed E-state index contributed by atoms with van der Waals surface area (Å²) < 4.78 is 12.7. The molecule has 1 aromatic rings. The number of rotatable bonds is 4. The molecule has 0 bridgehead atoms. The van der Waals surface area contributed by atoms with E-state index in [0.29, 0.717) is 12.1 Å². The quantitative estimate of drug-likeness (QED) is 0.735. The lowest BCUT2D eigenvalue weighted by atomic mass is 9.99. The van der Waals surface area contributed by atoms with E-state index in [4.69, 9.17) is 18.0 Å². The molecule has 0 fully saturated rings. The first-order chi connectivity index (χ1) is 8.37. The second-order valence-corrected chi connectivity index (χ2v) is 4.58. The zero-order chi connectivity index (χ0) is 13.8. The fourth-order valence-corrected chi connectivity index (χ4v) is 1.47. The molecular weight excluding hydrogens is 253 g/mol. The second kappa shape index (κ2) is 5.77. The van der Waals surface area contributed by atoms with E-state index >= 15 is 0 Å². The van der Waals surface area contributed by atoms with E-state index in [1.807, 2.05) is 6.92 Å². The van der Waals surface area contributed by atoms with E-state index in [2.05, 4.69) is 10.6 Å². The van der Waals surface area contributed by atoms with Crippen molar-refractivity contribution >= 4 is 28.9 Å². The predicted octanol–water partition coefficient (Wildman–Crippen LogP) is 2.40. The Morgan fingerprint density at radius 1 is 1.44 bits per heavy atom. The van der Waals surface area contributed by atoms with Gasteiger partial charge in [-0.15, -0.1) is 0 Å². The normalized spacial score (nSPS) is 13.5. The van der Waals surface area contributed by atoms with Gasteiger partial charge >= 0.3 is 6.03 Å². The van der Waals surface area contributed by atoms with Gasteiger partial charge in [0.05, 0.1) is 10.5 Å². The van der Waals surface area contributed by atoms with Crippen molar-refractivity contribution in [3.05, 3.63) is 30.1 Å². The zero-order valence-corrected chi connectivity index (χ0v) is 11.1. The van der Waals surface area contributed by atoms with Gasteiger partial charge in [-0.05, 0) is 37.6 Å².